The van der Waals surface area contributed by atoms with Gasteiger partial charge in [-0.3, -0.25) is 9.59 Å². The monoisotopic (exact) mass is 536 g/mol. The lowest BCUT2D eigenvalue weighted by atomic mass is 10.0. The zero-order valence-electron chi connectivity index (χ0n) is 20.5. The van der Waals surface area contributed by atoms with Gasteiger partial charge in [0.15, 0.2) is 6.61 Å². The summed E-state index contributed by atoms with van der Waals surface area (Å²) < 4.78 is 6.73. The van der Waals surface area contributed by atoms with Crippen molar-refractivity contribution in [3.8, 4) is 5.75 Å². The predicted molar refractivity (Wildman–Crippen MR) is 143 cm³/mol. The Labute approximate surface area is 216 Å². The first kappa shape index (κ1) is 26.5. The molecular weight excluding hydrogens is 504 g/mol. The Morgan fingerprint density at radius 1 is 0.943 bits per heavy atom. The Morgan fingerprint density at radius 2 is 1.63 bits per heavy atom. The second-order valence-electron chi connectivity index (χ2n) is 9.10. The molecule has 0 aliphatic heterocycles. The third-order valence-electron chi connectivity index (χ3n) is 5.58. The van der Waals surface area contributed by atoms with Gasteiger partial charge in [0.2, 0.25) is 5.91 Å². The maximum Gasteiger partial charge on any atom is 0.261 e. The lowest BCUT2D eigenvalue weighted by Gasteiger charge is -2.31. The fraction of sp³-hybridized carbons (Fsp3) is 0.310. The highest BCUT2D eigenvalue weighted by Crippen LogP contribution is 2.19. The van der Waals surface area contributed by atoms with Gasteiger partial charge in [0, 0.05) is 24.0 Å². The molecule has 0 aromatic heterocycles. The van der Waals surface area contributed by atoms with Crippen LogP contribution in [0.15, 0.2) is 83.3 Å². The second-order valence-corrected chi connectivity index (χ2v) is 10.0. The van der Waals surface area contributed by atoms with Gasteiger partial charge in [0.05, 0.1) is 0 Å². The molecule has 5 nitrogen and oxygen atoms in total. The molecule has 3 rings (SSSR count). The summed E-state index contributed by atoms with van der Waals surface area (Å²) in [5.74, 6) is 0.512. The van der Waals surface area contributed by atoms with E-state index < -0.39 is 6.04 Å². The van der Waals surface area contributed by atoms with Crippen LogP contribution >= 0.6 is 15.9 Å². The summed E-state index contributed by atoms with van der Waals surface area (Å²) in [6, 6.07) is 24.5. The minimum absolute atomic E-state index is 0.153. The summed E-state index contributed by atoms with van der Waals surface area (Å²) in [4.78, 5) is 28.6. The molecule has 1 unspecified atom stereocenters. The SMILES string of the molecule is Cc1ccc(OCC(=O)N(Cc2cccc(Br)c2)C(Cc2ccccc2)C(=O)NCC(C)C)cc1. The third kappa shape index (κ3) is 8.55. The number of amides is 2. The van der Waals surface area contributed by atoms with Crippen molar-refractivity contribution in [3.63, 3.8) is 0 Å². The van der Waals surface area contributed by atoms with E-state index in [9.17, 15) is 9.59 Å². The van der Waals surface area contributed by atoms with Crippen LogP contribution in [0.3, 0.4) is 0 Å². The minimum atomic E-state index is -0.677. The number of ether oxygens (including phenoxy) is 1. The van der Waals surface area contributed by atoms with E-state index in [4.69, 9.17) is 4.74 Å². The van der Waals surface area contributed by atoms with Crippen LogP contribution in [0.25, 0.3) is 0 Å². The highest BCUT2D eigenvalue weighted by molar-refractivity contribution is 9.10. The van der Waals surface area contributed by atoms with Crippen LogP contribution in [0, 0.1) is 12.8 Å². The van der Waals surface area contributed by atoms with E-state index in [0.29, 0.717) is 31.2 Å². The molecule has 1 N–H and O–H groups in total. The quantitative estimate of drug-likeness (QED) is 0.349. The van der Waals surface area contributed by atoms with Crippen LogP contribution < -0.4 is 10.1 Å². The molecule has 0 bridgehead atoms. The highest BCUT2D eigenvalue weighted by atomic mass is 79.9. The summed E-state index contributed by atoms with van der Waals surface area (Å²) in [6.45, 7) is 6.78. The van der Waals surface area contributed by atoms with Gasteiger partial charge >= 0.3 is 0 Å². The molecule has 0 spiro atoms. The van der Waals surface area contributed by atoms with Crippen molar-refractivity contribution in [3.05, 3.63) is 100 Å². The maximum atomic E-state index is 13.6. The third-order valence-corrected chi connectivity index (χ3v) is 6.07. The van der Waals surface area contributed by atoms with E-state index in [1.165, 1.54) is 0 Å². The molecule has 35 heavy (non-hydrogen) atoms. The molecule has 0 saturated carbocycles. The number of benzene rings is 3. The number of rotatable bonds is 11. The Balaban J connectivity index is 1.89. The zero-order valence-corrected chi connectivity index (χ0v) is 22.1. The van der Waals surface area contributed by atoms with E-state index >= 15 is 0 Å². The van der Waals surface area contributed by atoms with Gasteiger partial charge in [-0.2, -0.15) is 0 Å². The molecule has 6 heteroatoms. The van der Waals surface area contributed by atoms with Gasteiger partial charge in [-0.1, -0.05) is 89.9 Å². The molecule has 1 atom stereocenters. The van der Waals surface area contributed by atoms with E-state index in [1.807, 2.05) is 99.6 Å². The number of nitrogens with zero attached hydrogens (tertiary/aromatic N) is 1. The lowest BCUT2D eigenvalue weighted by Crippen LogP contribution is -2.52. The van der Waals surface area contributed by atoms with Crippen molar-refractivity contribution < 1.29 is 14.3 Å². The number of hydrogen-bond donors (Lipinski definition) is 1. The van der Waals surface area contributed by atoms with Crippen molar-refractivity contribution in [1.29, 1.82) is 0 Å². The van der Waals surface area contributed by atoms with Crippen LogP contribution in [-0.2, 0) is 22.6 Å². The number of hydrogen-bond acceptors (Lipinski definition) is 3. The Morgan fingerprint density at radius 3 is 2.29 bits per heavy atom. The van der Waals surface area contributed by atoms with Crippen LogP contribution in [-0.4, -0.2) is 35.9 Å². The molecule has 0 fully saturated rings. The summed E-state index contributed by atoms with van der Waals surface area (Å²) in [7, 11) is 0. The van der Waals surface area contributed by atoms with E-state index in [2.05, 4.69) is 21.2 Å². The number of carbonyl (C=O) groups excluding carboxylic acids is 2. The molecule has 0 saturated heterocycles. The number of aryl methyl sites for hydroxylation is 1. The number of nitrogens with one attached hydrogen (secondary N) is 1. The largest absolute Gasteiger partial charge is 0.484 e. The van der Waals surface area contributed by atoms with Crippen molar-refractivity contribution >= 4 is 27.7 Å². The highest BCUT2D eigenvalue weighted by Gasteiger charge is 2.30. The molecule has 3 aromatic rings. The maximum absolute atomic E-state index is 13.6. The van der Waals surface area contributed by atoms with E-state index in [0.717, 1.165) is 21.2 Å². The first-order valence-electron chi connectivity index (χ1n) is 11.9. The summed E-state index contributed by atoms with van der Waals surface area (Å²) in [6.07, 6.45) is 0.412. The minimum Gasteiger partial charge on any atom is -0.484 e. The van der Waals surface area contributed by atoms with Gasteiger partial charge in [0.25, 0.3) is 5.91 Å². The summed E-state index contributed by atoms with van der Waals surface area (Å²) >= 11 is 3.51. The van der Waals surface area contributed by atoms with Gasteiger partial charge in [-0.15, -0.1) is 0 Å². The van der Waals surface area contributed by atoms with Crippen LogP contribution in [0.5, 0.6) is 5.75 Å². The molecule has 3 aromatic carbocycles. The first-order chi connectivity index (χ1) is 16.8. The average Bonchev–Trinajstić information content (AvgIpc) is 2.85. The number of carbonyl (C=O) groups is 2. The number of halogens is 1. The van der Waals surface area contributed by atoms with Gasteiger partial charge < -0.3 is 15.0 Å². The van der Waals surface area contributed by atoms with Gasteiger partial charge in [-0.05, 0) is 48.2 Å². The van der Waals surface area contributed by atoms with Crippen LogP contribution in [0.1, 0.15) is 30.5 Å². The smallest absolute Gasteiger partial charge is 0.261 e. The summed E-state index contributed by atoms with van der Waals surface area (Å²) in [5.41, 5.74) is 3.03. The van der Waals surface area contributed by atoms with Gasteiger partial charge in [0.1, 0.15) is 11.8 Å². The molecule has 0 radical (unpaired) electrons. The first-order valence-corrected chi connectivity index (χ1v) is 12.7. The predicted octanol–water partition coefficient (Wildman–Crippen LogP) is 5.55. The van der Waals surface area contributed by atoms with E-state index in [1.54, 1.807) is 4.90 Å². The summed E-state index contributed by atoms with van der Waals surface area (Å²) in [5, 5.41) is 3.03. The van der Waals surface area contributed by atoms with Crippen molar-refractivity contribution in [1.82, 2.24) is 10.2 Å². The van der Waals surface area contributed by atoms with Crippen molar-refractivity contribution in [2.75, 3.05) is 13.2 Å². The normalized spacial score (nSPS) is 11.7. The molecule has 2 amide bonds. The molecule has 0 aliphatic carbocycles. The van der Waals surface area contributed by atoms with E-state index in [-0.39, 0.29) is 18.4 Å². The van der Waals surface area contributed by atoms with Crippen molar-refractivity contribution in [2.45, 2.75) is 39.8 Å². The van der Waals surface area contributed by atoms with Crippen LogP contribution in [0.4, 0.5) is 0 Å². The molecular formula is C29H33BrN2O3. The van der Waals surface area contributed by atoms with Gasteiger partial charge in [-0.25, -0.2) is 0 Å². The zero-order chi connectivity index (χ0) is 25.2. The molecule has 0 heterocycles. The Hall–Kier alpha value is -3.12. The Kier molecular flexibility index (Phi) is 9.91. The lowest BCUT2D eigenvalue weighted by molar-refractivity contribution is -0.142. The molecule has 184 valence electrons. The molecule has 0 aliphatic rings. The topological polar surface area (TPSA) is 58.6 Å². The average molecular weight is 537 g/mol. The van der Waals surface area contributed by atoms with Crippen LogP contribution in [0.2, 0.25) is 0 Å². The second kappa shape index (κ2) is 13.1. The fourth-order valence-corrected chi connectivity index (χ4v) is 4.12. The Bertz CT molecular complexity index is 1100. The van der Waals surface area contributed by atoms with Crippen molar-refractivity contribution in [2.24, 2.45) is 5.92 Å². The fourth-order valence-electron chi connectivity index (χ4n) is 3.67. The standard InChI is InChI=1S/C29H33BrN2O3/c1-21(2)18-31-29(34)27(17-23-8-5-4-6-9-23)32(19-24-10-7-11-25(30)16-24)28(33)20-35-26-14-12-22(3)13-15-26/h4-16,21,27H,17-20H2,1-3H3,(H,31,34).